The Kier molecular flexibility index (Phi) is 4.12. The van der Waals surface area contributed by atoms with Gasteiger partial charge in [0.25, 0.3) is 11.8 Å². The van der Waals surface area contributed by atoms with E-state index in [4.69, 9.17) is 11.6 Å². The number of halogens is 1. The smallest absolute Gasteiger partial charge is 0.269 e. The third-order valence-corrected chi connectivity index (χ3v) is 1.89. The molecule has 0 saturated carbocycles. The highest BCUT2D eigenvalue weighted by Gasteiger charge is 2.10. The van der Waals surface area contributed by atoms with Gasteiger partial charge in [0.05, 0.1) is 0 Å². The summed E-state index contributed by atoms with van der Waals surface area (Å²) in [5.74, 6) is -0.817. The van der Waals surface area contributed by atoms with Gasteiger partial charge >= 0.3 is 0 Å². The number of benzene rings is 1. The fourth-order valence-corrected chi connectivity index (χ4v) is 0.934. The first-order valence-electron chi connectivity index (χ1n) is 4.40. The van der Waals surface area contributed by atoms with Crippen molar-refractivity contribution in [3.8, 4) is 0 Å². The Morgan fingerprint density at radius 1 is 1.20 bits per heavy atom. The van der Waals surface area contributed by atoms with Crippen LogP contribution in [-0.4, -0.2) is 17.2 Å². The van der Waals surface area contributed by atoms with E-state index in [-0.39, 0.29) is 5.91 Å². The molecule has 1 rings (SSSR count). The normalized spacial score (nSPS) is 11.6. The predicted molar refractivity (Wildman–Crippen MR) is 57.4 cm³/mol. The number of carbonyl (C=O) groups is 2. The number of amides is 2. The van der Waals surface area contributed by atoms with Crippen molar-refractivity contribution in [1.29, 1.82) is 0 Å². The molecule has 2 amide bonds. The van der Waals surface area contributed by atoms with Crippen LogP contribution in [0.1, 0.15) is 17.3 Å². The Morgan fingerprint density at radius 3 is 2.33 bits per heavy atom. The van der Waals surface area contributed by atoms with Crippen molar-refractivity contribution in [3.05, 3.63) is 35.9 Å². The van der Waals surface area contributed by atoms with Gasteiger partial charge in [-0.2, -0.15) is 0 Å². The molecule has 0 heterocycles. The molecular weight excluding hydrogens is 216 g/mol. The molecule has 0 unspecified atom stereocenters. The van der Waals surface area contributed by atoms with Gasteiger partial charge in [-0.3, -0.25) is 20.4 Å². The van der Waals surface area contributed by atoms with E-state index in [0.717, 1.165) is 0 Å². The van der Waals surface area contributed by atoms with E-state index in [1.54, 1.807) is 30.3 Å². The first-order valence-corrected chi connectivity index (χ1v) is 4.84. The average molecular weight is 227 g/mol. The lowest BCUT2D eigenvalue weighted by Gasteiger charge is -2.07. The zero-order valence-corrected chi connectivity index (χ0v) is 8.91. The van der Waals surface area contributed by atoms with E-state index in [0.29, 0.717) is 5.56 Å². The molecule has 0 aliphatic rings. The second-order valence-electron chi connectivity index (χ2n) is 2.93. The highest BCUT2D eigenvalue weighted by Crippen LogP contribution is 1.97. The summed E-state index contributed by atoms with van der Waals surface area (Å²) in [6.07, 6.45) is 0. The highest BCUT2D eigenvalue weighted by atomic mass is 35.5. The van der Waals surface area contributed by atoms with Crippen molar-refractivity contribution in [2.75, 3.05) is 0 Å². The van der Waals surface area contributed by atoms with E-state index in [2.05, 4.69) is 10.9 Å². The van der Waals surface area contributed by atoms with Crippen molar-refractivity contribution >= 4 is 23.4 Å². The zero-order chi connectivity index (χ0) is 11.3. The fraction of sp³-hybridized carbons (Fsp3) is 0.200. The average Bonchev–Trinajstić information content (AvgIpc) is 2.26. The summed E-state index contributed by atoms with van der Waals surface area (Å²) in [4.78, 5) is 22.4. The Labute approximate surface area is 92.6 Å². The molecule has 15 heavy (non-hydrogen) atoms. The molecule has 80 valence electrons. The van der Waals surface area contributed by atoms with E-state index in [1.807, 2.05) is 0 Å². The first-order chi connectivity index (χ1) is 7.11. The van der Waals surface area contributed by atoms with Gasteiger partial charge in [-0.15, -0.1) is 11.6 Å². The van der Waals surface area contributed by atoms with Crippen LogP contribution in [0, 0.1) is 0 Å². The lowest BCUT2D eigenvalue weighted by molar-refractivity contribution is -0.121. The van der Waals surface area contributed by atoms with E-state index in [1.165, 1.54) is 6.92 Å². The lowest BCUT2D eigenvalue weighted by Crippen LogP contribution is -2.44. The number of alkyl halides is 1. The Hall–Kier alpha value is -1.55. The largest absolute Gasteiger partial charge is 0.272 e. The van der Waals surface area contributed by atoms with E-state index in [9.17, 15) is 9.59 Å². The van der Waals surface area contributed by atoms with Crippen LogP contribution in [0.2, 0.25) is 0 Å². The van der Waals surface area contributed by atoms with Crippen LogP contribution in [0.5, 0.6) is 0 Å². The number of hydrazine groups is 1. The van der Waals surface area contributed by atoms with Crippen LogP contribution in [0.25, 0.3) is 0 Å². The van der Waals surface area contributed by atoms with Crippen molar-refractivity contribution in [2.24, 2.45) is 0 Å². The summed E-state index contributed by atoms with van der Waals surface area (Å²) >= 11 is 5.49. The molecule has 0 aromatic heterocycles. The Balaban J connectivity index is 2.48. The van der Waals surface area contributed by atoms with Crippen LogP contribution in [0.3, 0.4) is 0 Å². The van der Waals surface area contributed by atoms with Crippen molar-refractivity contribution in [2.45, 2.75) is 12.3 Å². The summed E-state index contributed by atoms with van der Waals surface area (Å²) in [6.45, 7) is 1.52. The Bertz CT molecular complexity index is 352. The summed E-state index contributed by atoms with van der Waals surface area (Å²) < 4.78 is 0. The highest BCUT2D eigenvalue weighted by molar-refractivity contribution is 6.30. The van der Waals surface area contributed by atoms with Gasteiger partial charge in [0, 0.05) is 5.56 Å². The molecule has 0 aliphatic carbocycles. The minimum absolute atomic E-state index is 0.374. The maximum absolute atomic E-state index is 11.4. The molecule has 1 atom stereocenters. The molecule has 2 N–H and O–H groups in total. The van der Waals surface area contributed by atoms with Crippen LogP contribution < -0.4 is 10.9 Å². The van der Waals surface area contributed by atoms with Gasteiger partial charge < -0.3 is 0 Å². The SMILES string of the molecule is C[C@H](Cl)C(=O)NNC(=O)c1ccccc1. The fourth-order valence-electron chi connectivity index (χ4n) is 0.880. The van der Waals surface area contributed by atoms with Crippen molar-refractivity contribution in [1.82, 2.24) is 10.9 Å². The molecular formula is C10H11ClN2O2. The third kappa shape index (κ3) is 3.59. The number of nitrogens with one attached hydrogen (secondary N) is 2. The number of hydrogen-bond donors (Lipinski definition) is 2. The maximum atomic E-state index is 11.4. The molecule has 5 heteroatoms. The Morgan fingerprint density at radius 2 is 1.80 bits per heavy atom. The molecule has 0 saturated heterocycles. The maximum Gasteiger partial charge on any atom is 0.269 e. The van der Waals surface area contributed by atoms with Crippen LogP contribution in [0.4, 0.5) is 0 Å². The number of rotatable bonds is 2. The van der Waals surface area contributed by atoms with Gasteiger partial charge in [-0.1, -0.05) is 18.2 Å². The topological polar surface area (TPSA) is 58.2 Å². The van der Waals surface area contributed by atoms with Crippen LogP contribution in [0.15, 0.2) is 30.3 Å². The third-order valence-electron chi connectivity index (χ3n) is 1.70. The molecule has 0 fully saturated rings. The van der Waals surface area contributed by atoms with Gasteiger partial charge in [0.15, 0.2) is 0 Å². The standard InChI is InChI=1S/C10H11ClN2O2/c1-7(11)9(14)12-13-10(15)8-5-3-2-4-6-8/h2-7H,1H3,(H,12,14)(H,13,15)/t7-/m0/s1. The molecule has 0 spiro atoms. The molecule has 0 bridgehead atoms. The monoisotopic (exact) mass is 226 g/mol. The molecule has 1 aromatic rings. The van der Waals surface area contributed by atoms with Crippen LogP contribution in [-0.2, 0) is 4.79 Å². The summed E-state index contributed by atoms with van der Waals surface area (Å²) in [5, 5.41) is -0.680. The molecule has 0 aliphatic heterocycles. The van der Waals surface area contributed by atoms with Crippen molar-refractivity contribution < 1.29 is 9.59 Å². The van der Waals surface area contributed by atoms with E-state index >= 15 is 0 Å². The molecule has 1 aromatic carbocycles. The molecule has 4 nitrogen and oxygen atoms in total. The quantitative estimate of drug-likeness (QED) is 0.586. The van der Waals surface area contributed by atoms with Gasteiger partial charge in [-0.25, -0.2) is 0 Å². The van der Waals surface area contributed by atoms with E-state index < -0.39 is 11.3 Å². The molecule has 0 radical (unpaired) electrons. The number of carbonyl (C=O) groups excluding carboxylic acids is 2. The zero-order valence-electron chi connectivity index (χ0n) is 8.16. The second kappa shape index (κ2) is 5.36. The van der Waals surface area contributed by atoms with Crippen molar-refractivity contribution in [3.63, 3.8) is 0 Å². The predicted octanol–water partition coefficient (Wildman–Crippen LogP) is 1.07. The first kappa shape index (κ1) is 11.5. The minimum atomic E-state index is -0.680. The minimum Gasteiger partial charge on any atom is -0.272 e. The van der Waals surface area contributed by atoms with Crippen LogP contribution >= 0.6 is 11.6 Å². The number of hydrogen-bond acceptors (Lipinski definition) is 2. The van der Waals surface area contributed by atoms with Gasteiger partial charge in [0.1, 0.15) is 5.38 Å². The summed E-state index contributed by atoms with van der Waals surface area (Å²) in [7, 11) is 0. The van der Waals surface area contributed by atoms with Gasteiger partial charge in [0.2, 0.25) is 0 Å². The summed E-state index contributed by atoms with van der Waals surface area (Å²) in [6, 6.07) is 8.56. The lowest BCUT2D eigenvalue weighted by atomic mass is 10.2. The van der Waals surface area contributed by atoms with Gasteiger partial charge in [-0.05, 0) is 19.1 Å². The second-order valence-corrected chi connectivity index (χ2v) is 3.58. The summed E-state index contributed by atoms with van der Waals surface area (Å²) in [5.41, 5.74) is 4.94.